The standard InChI is InChI=1S/C51H90NO8P/c1-6-8-10-12-14-16-18-19-20-21-22-23-24-25-26-27-28-29-30-31-32-33-34-36-38-40-42-44-51(54)60-49(48-59-61(55,56)58-46-45-52(3,4)5)47-57-50(53)43-41-39-37-35-17-15-13-11-9-7-2/h8,10,14,16,19-20,22-23,25-26,28-29,49H,6-7,9,11-13,15,17-18,21,24,27,30-48H2,1-5H3/b10-8-,16-14-,20-19-,23-22-,26-25-,29-28-. The van der Waals surface area contributed by atoms with Gasteiger partial charge in [0.1, 0.15) is 19.8 Å². The minimum atomic E-state index is -4.63. The van der Waals surface area contributed by atoms with Crippen molar-refractivity contribution in [2.75, 3.05) is 47.5 Å². The van der Waals surface area contributed by atoms with Crippen LogP contribution in [0.2, 0.25) is 0 Å². The number of likely N-dealkylation sites (N-methyl/N-ethyl adjacent to an activating group) is 1. The summed E-state index contributed by atoms with van der Waals surface area (Å²) in [6.45, 7) is 4.08. The van der Waals surface area contributed by atoms with Crippen molar-refractivity contribution in [1.82, 2.24) is 0 Å². The van der Waals surface area contributed by atoms with E-state index in [1.165, 1.54) is 70.6 Å². The quantitative estimate of drug-likeness (QED) is 0.0196. The first-order valence-electron chi connectivity index (χ1n) is 24.1. The van der Waals surface area contributed by atoms with Gasteiger partial charge in [-0.1, -0.05) is 183 Å². The monoisotopic (exact) mass is 876 g/mol. The molecule has 0 amide bonds. The average Bonchev–Trinajstić information content (AvgIpc) is 3.21. The molecule has 0 N–H and O–H groups in total. The molecule has 0 saturated heterocycles. The number of phosphoric ester groups is 1. The van der Waals surface area contributed by atoms with Gasteiger partial charge in [-0.05, 0) is 64.2 Å². The molecule has 0 aromatic rings. The molecular weight excluding hydrogens is 786 g/mol. The van der Waals surface area contributed by atoms with Crippen molar-refractivity contribution in [1.29, 1.82) is 0 Å². The van der Waals surface area contributed by atoms with Crippen LogP contribution in [0, 0.1) is 0 Å². The molecule has 0 bridgehead atoms. The zero-order valence-electron chi connectivity index (χ0n) is 39.6. The molecule has 0 rings (SSSR count). The molecule has 9 nitrogen and oxygen atoms in total. The van der Waals surface area contributed by atoms with Crippen molar-refractivity contribution in [3.63, 3.8) is 0 Å². The summed E-state index contributed by atoms with van der Waals surface area (Å²) in [5.74, 6) is -0.848. The van der Waals surface area contributed by atoms with Gasteiger partial charge in [0.05, 0.1) is 27.7 Å². The van der Waals surface area contributed by atoms with E-state index in [9.17, 15) is 19.0 Å². The van der Waals surface area contributed by atoms with Crippen LogP contribution in [0.4, 0.5) is 0 Å². The molecule has 0 aromatic heterocycles. The zero-order chi connectivity index (χ0) is 45.0. The largest absolute Gasteiger partial charge is 0.756 e. The Morgan fingerprint density at radius 2 is 0.934 bits per heavy atom. The van der Waals surface area contributed by atoms with Crippen LogP contribution in [-0.2, 0) is 32.7 Å². The summed E-state index contributed by atoms with van der Waals surface area (Å²) in [6.07, 6.45) is 53.6. The van der Waals surface area contributed by atoms with Gasteiger partial charge in [-0.2, -0.15) is 0 Å². The molecule has 352 valence electrons. The molecule has 0 aliphatic rings. The number of hydrogen-bond acceptors (Lipinski definition) is 8. The van der Waals surface area contributed by atoms with E-state index in [2.05, 4.69) is 86.8 Å². The highest BCUT2D eigenvalue weighted by atomic mass is 31.2. The summed E-state index contributed by atoms with van der Waals surface area (Å²) >= 11 is 0. The van der Waals surface area contributed by atoms with E-state index in [-0.39, 0.29) is 32.0 Å². The highest BCUT2D eigenvalue weighted by Crippen LogP contribution is 2.38. The number of phosphoric acid groups is 1. The fourth-order valence-corrected chi connectivity index (χ4v) is 6.97. The van der Waals surface area contributed by atoms with Gasteiger partial charge in [0.15, 0.2) is 6.10 Å². The van der Waals surface area contributed by atoms with Crippen LogP contribution in [0.5, 0.6) is 0 Å². The van der Waals surface area contributed by atoms with E-state index in [1.807, 2.05) is 21.1 Å². The van der Waals surface area contributed by atoms with Crippen LogP contribution in [-0.4, -0.2) is 70.0 Å². The Bertz CT molecular complexity index is 1270. The van der Waals surface area contributed by atoms with Crippen LogP contribution < -0.4 is 4.89 Å². The lowest BCUT2D eigenvalue weighted by Crippen LogP contribution is -2.37. The molecule has 10 heteroatoms. The molecule has 0 heterocycles. The van der Waals surface area contributed by atoms with Gasteiger partial charge in [-0.15, -0.1) is 0 Å². The van der Waals surface area contributed by atoms with E-state index < -0.39 is 26.5 Å². The lowest BCUT2D eigenvalue weighted by atomic mass is 10.1. The van der Waals surface area contributed by atoms with Gasteiger partial charge in [0.25, 0.3) is 7.82 Å². The molecule has 2 unspecified atom stereocenters. The minimum Gasteiger partial charge on any atom is -0.756 e. The molecule has 2 atom stereocenters. The summed E-state index contributed by atoms with van der Waals surface area (Å²) in [7, 11) is 1.15. The first-order chi connectivity index (χ1) is 29.5. The normalized spacial score (nSPS) is 14.1. The summed E-state index contributed by atoms with van der Waals surface area (Å²) < 4.78 is 33.9. The highest BCUT2D eigenvalue weighted by Gasteiger charge is 2.21. The number of rotatable bonds is 43. The van der Waals surface area contributed by atoms with Gasteiger partial charge in [0, 0.05) is 12.8 Å². The number of esters is 2. The van der Waals surface area contributed by atoms with Crippen molar-refractivity contribution in [3.05, 3.63) is 72.9 Å². The lowest BCUT2D eigenvalue weighted by Gasteiger charge is -2.28. The summed E-state index contributed by atoms with van der Waals surface area (Å²) in [5, 5.41) is 0. The smallest absolute Gasteiger partial charge is 0.306 e. The predicted molar refractivity (Wildman–Crippen MR) is 254 cm³/mol. The van der Waals surface area contributed by atoms with E-state index in [1.54, 1.807) is 0 Å². The first kappa shape index (κ1) is 58.5. The van der Waals surface area contributed by atoms with Crippen LogP contribution in [0.15, 0.2) is 72.9 Å². The van der Waals surface area contributed by atoms with E-state index in [0.717, 1.165) is 83.5 Å². The number of carbonyl (C=O) groups excluding carboxylic acids is 2. The Morgan fingerprint density at radius 3 is 1.39 bits per heavy atom. The molecule has 0 spiro atoms. The second-order valence-electron chi connectivity index (χ2n) is 17.1. The number of hydrogen-bond donors (Lipinski definition) is 0. The fourth-order valence-electron chi connectivity index (χ4n) is 6.25. The van der Waals surface area contributed by atoms with Crippen LogP contribution >= 0.6 is 7.82 Å². The number of unbranched alkanes of at least 4 members (excludes halogenated alkanes) is 17. The molecule has 0 fully saturated rings. The minimum absolute atomic E-state index is 0.0348. The number of ether oxygens (including phenoxy) is 2. The Labute approximate surface area is 374 Å². The summed E-state index contributed by atoms with van der Waals surface area (Å²) in [5.41, 5.74) is 0. The Hall–Kier alpha value is -2.55. The number of nitrogens with zero attached hydrogens (tertiary/aromatic N) is 1. The average molecular weight is 876 g/mol. The van der Waals surface area contributed by atoms with E-state index in [4.69, 9.17) is 18.5 Å². The van der Waals surface area contributed by atoms with Gasteiger partial charge in [-0.25, -0.2) is 0 Å². The lowest BCUT2D eigenvalue weighted by molar-refractivity contribution is -0.870. The fraction of sp³-hybridized carbons (Fsp3) is 0.725. The SMILES string of the molecule is CC/C=C\C/C=C\C/C=C\C/C=C\C/C=C\C/C=C\CCCCCCCCCCC(=O)OC(COC(=O)CCCCCCCCCCCC)COP(=O)([O-])OCC[N+](C)(C)C. The Balaban J connectivity index is 4.22. The maximum absolute atomic E-state index is 12.7. The van der Waals surface area contributed by atoms with Gasteiger partial charge >= 0.3 is 11.9 Å². The third-order valence-corrected chi connectivity index (χ3v) is 11.0. The third-order valence-electron chi connectivity index (χ3n) is 9.99. The van der Waals surface area contributed by atoms with E-state index >= 15 is 0 Å². The Kier molecular flexibility index (Phi) is 40.9. The molecule has 0 aromatic carbocycles. The summed E-state index contributed by atoms with van der Waals surface area (Å²) in [6, 6.07) is 0. The van der Waals surface area contributed by atoms with Crippen molar-refractivity contribution >= 4 is 19.8 Å². The predicted octanol–water partition coefficient (Wildman–Crippen LogP) is 13.6. The molecule has 61 heavy (non-hydrogen) atoms. The van der Waals surface area contributed by atoms with Crippen molar-refractivity contribution in [2.45, 2.75) is 193 Å². The third kappa shape index (κ3) is 46.8. The maximum Gasteiger partial charge on any atom is 0.306 e. The Morgan fingerprint density at radius 1 is 0.525 bits per heavy atom. The topological polar surface area (TPSA) is 111 Å². The summed E-state index contributed by atoms with van der Waals surface area (Å²) in [4.78, 5) is 37.5. The number of carbonyl (C=O) groups is 2. The van der Waals surface area contributed by atoms with E-state index in [0.29, 0.717) is 17.4 Å². The number of allylic oxidation sites excluding steroid dienone is 12. The number of quaternary nitrogens is 1. The maximum atomic E-state index is 12.7. The molecule has 0 aliphatic heterocycles. The zero-order valence-corrected chi connectivity index (χ0v) is 40.5. The van der Waals surface area contributed by atoms with Crippen molar-refractivity contribution in [2.24, 2.45) is 0 Å². The molecule has 0 radical (unpaired) electrons. The van der Waals surface area contributed by atoms with Gasteiger partial charge in [0.2, 0.25) is 0 Å². The molecular formula is C51H90NO8P. The van der Waals surface area contributed by atoms with Crippen LogP contribution in [0.1, 0.15) is 187 Å². The van der Waals surface area contributed by atoms with Gasteiger partial charge < -0.3 is 27.9 Å². The highest BCUT2D eigenvalue weighted by molar-refractivity contribution is 7.45. The second-order valence-corrected chi connectivity index (χ2v) is 18.5. The molecule has 0 saturated carbocycles. The second kappa shape index (κ2) is 42.7. The first-order valence-corrected chi connectivity index (χ1v) is 25.6. The van der Waals surface area contributed by atoms with Crippen LogP contribution in [0.25, 0.3) is 0 Å². The van der Waals surface area contributed by atoms with Crippen molar-refractivity contribution in [3.8, 4) is 0 Å². The van der Waals surface area contributed by atoms with Gasteiger partial charge in [-0.3, -0.25) is 14.2 Å². The molecule has 0 aliphatic carbocycles. The van der Waals surface area contributed by atoms with Crippen LogP contribution in [0.3, 0.4) is 0 Å². The van der Waals surface area contributed by atoms with Crippen molar-refractivity contribution < 1.29 is 42.1 Å².